The number of carboxylic acids is 1. The molecule has 4 N–H and O–H groups in total. The van der Waals surface area contributed by atoms with Gasteiger partial charge in [0.25, 0.3) is 5.91 Å². The molecular formula is C17H25ClN6O3. The second kappa shape index (κ2) is 9.03. The number of hydrogen-bond donors (Lipinski definition) is 3. The van der Waals surface area contributed by atoms with E-state index in [2.05, 4.69) is 0 Å². The van der Waals surface area contributed by atoms with E-state index in [4.69, 9.17) is 16.2 Å². The third kappa shape index (κ3) is 5.09. The molecular weight excluding hydrogens is 372 g/mol. The zero-order chi connectivity index (χ0) is 18.7. The summed E-state index contributed by atoms with van der Waals surface area (Å²) < 4.78 is 0. The smallest absolute Gasteiger partial charge is 0.317 e. The highest BCUT2D eigenvalue weighted by atomic mass is 35.5. The Kier molecular flexibility index (Phi) is 7.00. The number of rotatable bonds is 5. The van der Waals surface area contributed by atoms with Gasteiger partial charge in [0.05, 0.1) is 19.6 Å². The van der Waals surface area contributed by atoms with Gasteiger partial charge in [-0.3, -0.25) is 24.9 Å². The molecule has 2 heterocycles. The summed E-state index contributed by atoms with van der Waals surface area (Å²) in [6.07, 6.45) is 0. The second-order valence-electron chi connectivity index (χ2n) is 6.52. The fourth-order valence-electron chi connectivity index (χ4n) is 3.36. The lowest BCUT2D eigenvalue weighted by molar-refractivity contribution is -0.154. The highest BCUT2D eigenvalue weighted by molar-refractivity contribution is 5.95. The standard InChI is InChI=1S/C17H24N6O3.ClH/c18-17(19)13-1-3-14(4-2-13)21-7-10-23(15(24)11-21)22-8-5-20(6-9-22)12-16(25)26;/h1-4H,5-12H2,(H3,18,19)(H,25,26);1H. The van der Waals surface area contributed by atoms with E-state index in [1.807, 2.05) is 26.9 Å². The van der Waals surface area contributed by atoms with Gasteiger partial charge in [-0.1, -0.05) is 0 Å². The molecule has 9 nitrogen and oxygen atoms in total. The fourth-order valence-corrected chi connectivity index (χ4v) is 3.36. The molecule has 0 unspecified atom stereocenters. The van der Waals surface area contributed by atoms with E-state index < -0.39 is 5.97 Å². The van der Waals surface area contributed by atoms with Crippen LogP contribution in [0.4, 0.5) is 5.69 Å². The van der Waals surface area contributed by atoms with Crippen molar-refractivity contribution >= 4 is 35.8 Å². The van der Waals surface area contributed by atoms with E-state index >= 15 is 0 Å². The minimum absolute atomic E-state index is 0. The number of nitrogens with zero attached hydrogens (tertiary/aromatic N) is 4. The summed E-state index contributed by atoms with van der Waals surface area (Å²) >= 11 is 0. The zero-order valence-corrected chi connectivity index (χ0v) is 15.8. The van der Waals surface area contributed by atoms with Crippen LogP contribution in [0.3, 0.4) is 0 Å². The summed E-state index contributed by atoms with van der Waals surface area (Å²) in [5.74, 6) is -0.753. The van der Waals surface area contributed by atoms with Gasteiger partial charge >= 0.3 is 5.97 Å². The van der Waals surface area contributed by atoms with Crippen LogP contribution in [0.5, 0.6) is 0 Å². The fraction of sp³-hybridized carbons (Fsp3) is 0.471. The largest absolute Gasteiger partial charge is 0.480 e. The van der Waals surface area contributed by atoms with Crippen LogP contribution in [0.15, 0.2) is 24.3 Å². The summed E-state index contributed by atoms with van der Waals surface area (Å²) in [6, 6.07) is 7.33. The SMILES string of the molecule is Cl.N=C(N)c1ccc(N2CCN(N3CCN(CC(=O)O)CC3)C(=O)C2)cc1. The molecule has 1 aromatic rings. The average Bonchev–Trinajstić information content (AvgIpc) is 2.62. The number of anilines is 1. The van der Waals surface area contributed by atoms with Gasteiger partial charge in [0, 0.05) is 44.0 Å². The number of nitrogens with one attached hydrogen (secondary N) is 1. The third-order valence-corrected chi connectivity index (χ3v) is 4.79. The Hall–Kier alpha value is -2.36. The van der Waals surface area contributed by atoms with Crippen molar-refractivity contribution < 1.29 is 14.7 Å². The van der Waals surface area contributed by atoms with Gasteiger partial charge in [-0.15, -0.1) is 12.4 Å². The van der Waals surface area contributed by atoms with Gasteiger partial charge in [-0.25, -0.2) is 5.01 Å². The molecule has 0 atom stereocenters. The Bertz CT molecular complexity index is 690. The second-order valence-corrected chi connectivity index (χ2v) is 6.52. The Morgan fingerprint density at radius 1 is 1.07 bits per heavy atom. The Morgan fingerprint density at radius 2 is 1.70 bits per heavy atom. The summed E-state index contributed by atoms with van der Waals surface area (Å²) in [4.78, 5) is 27.3. The quantitative estimate of drug-likeness (QED) is 0.460. The van der Waals surface area contributed by atoms with E-state index in [0.717, 1.165) is 12.2 Å². The monoisotopic (exact) mass is 396 g/mol. The first-order valence-corrected chi connectivity index (χ1v) is 8.63. The minimum atomic E-state index is -0.820. The molecule has 0 radical (unpaired) electrons. The third-order valence-electron chi connectivity index (χ3n) is 4.79. The number of hydrazine groups is 1. The summed E-state index contributed by atoms with van der Waals surface area (Å²) in [6.45, 7) is 4.28. The van der Waals surface area contributed by atoms with Crippen molar-refractivity contribution in [2.75, 3.05) is 57.3 Å². The van der Waals surface area contributed by atoms with E-state index in [9.17, 15) is 9.59 Å². The lowest BCUT2D eigenvalue weighted by Crippen LogP contribution is -2.61. The van der Waals surface area contributed by atoms with Crippen LogP contribution in [0.25, 0.3) is 0 Å². The Morgan fingerprint density at radius 3 is 2.22 bits per heavy atom. The lowest BCUT2D eigenvalue weighted by atomic mass is 10.1. The summed E-state index contributed by atoms with van der Waals surface area (Å²) in [5, 5.41) is 20.1. The highest BCUT2D eigenvalue weighted by Crippen LogP contribution is 2.19. The predicted octanol–water partition coefficient (Wildman–Crippen LogP) is -0.342. The number of piperazine rings is 2. The maximum atomic E-state index is 12.6. The number of nitrogen functional groups attached to an aromatic ring is 1. The molecule has 1 amide bonds. The normalized spacial score (nSPS) is 18.9. The molecule has 3 rings (SSSR count). The molecule has 0 aliphatic carbocycles. The van der Waals surface area contributed by atoms with Crippen molar-refractivity contribution in [1.29, 1.82) is 5.41 Å². The average molecular weight is 397 g/mol. The van der Waals surface area contributed by atoms with Crippen molar-refractivity contribution in [3.63, 3.8) is 0 Å². The molecule has 2 aliphatic heterocycles. The topological polar surface area (TPSA) is 117 Å². The number of nitrogens with two attached hydrogens (primary N) is 1. The van der Waals surface area contributed by atoms with Crippen molar-refractivity contribution in [2.24, 2.45) is 5.73 Å². The Labute approximate surface area is 164 Å². The van der Waals surface area contributed by atoms with Crippen LogP contribution >= 0.6 is 12.4 Å². The van der Waals surface area contributed by atoms with Gasteiger partial charge in [0.15, 0.2) is 0 Å². The van der Waals surface area contributed by atoms with Crippen LogP contribution < -0.4 is 10.6 Å². The predicted molar refractivity (Wildman–Crippen MR) is 104 cm³/mol. The number of halogens is 1. The lowest BCUT2D eigenvalue weighted by Gasteiger charge is -2.44. The number of aliphatic carboxylic acids is 1. The molecule has 1 aromatic carbocycles. The molecule has 148 valence electrons. The number of benzene rings is 1. The van der Waals surface area contributed by atoms with Crippen LogP contribution in [0, 0.1) is 5.41 Å². The van der Waals surface area contributed by atoms with Crippen molar-refractivity contribution in [2.45, 2.75) is 0 Å². The first-order chi connectivity index (χ1) is 12.4. The van der Waals surface area contributed by atoms with Gasteiger partial charge in [-0.2, -0.15) is 0 Å². The molecule has 27 heavy (non-hydrogen) atoms. The number of carbonyl (C=O) groups is 2. The first-order valence-electron chi connectivity index (χ1n) is 8.63. The maximum absolute atomic E-state index is 12.6. The number of amidine groups is 1. The molecule has 0 aromatic heterocycles. The van der Waals surface area contributed by atoms with Gasteiger partial charge in [0.1, 0.15) is 5.84 Å². The van der Waals surface area contributed by atoms with Crippen molar-refractivity contribution in [3.05, 3.63) is 29.8 Å². The zero-order valence-electron chi connectivity index (χ0n) is 15.0. The van der Waals surface area contributed by atoms with Crippen LogP contribution in [0.2, 0.25) is 0 Å². The molecule has 0 spiro atoms. The van der Waals surface area contributed by atoms with Gasteiger partial charge < -0.3 is 15.7 Å². The van der Waals surface area contributed by atoms with Crippen LogP contribution in [-0.2, 0) is 9.59 Å². The van der Waals surface area contributed by atoms with E-state index in [-0.39, 0.29) is 30.7 Å². The van der Waals surface area contributed by atoms with E-state index in [1.54, 1.807) is 17.1 Å². The highest BCUT2D eigenvalue weighted by Gasteiger charge is 2.30. The number of amides is 1. The van der Waals surface area contributed by atoms with Gasteiger partial charge in [-0.05, 0) is 24.3 Å². The summed E-state index contributed by atoms with van der Waals surface area (Å²) in [5.41, 5.74) is 7.07. The van der Waals surface area contributed by atoms with Crippen LogP contribution in [0.1, 0.15) is 5.56 Å². The van der Waals surface area contributed by atoms with Gasteiger partial charge in [0.2, 0.25) is 0 Å². The molecule has 0 bridgehead atoms. The molecule has 0 saturated carbocycles. The van der Waals surface area contributed by atoms with Crippen molar-refractivity contribution in [3.8, 4) is 0 Å². The Balaban J connectivity index is 0.00000261. The van der Waals surface area contributed by atoms with Crippen molar-refractivity contribution in [1.82, 2.24) is 14.9 Å². The number of hydrogen-bond acceptors (Lipinski definition) is 6. The molecule has 10 heteroatoms. The number of carboxylic acid groups (broad SMARTS) is 1. The summed E-state index contributed by atoms with van der Waals surface area (Å²) in [7, 11) is 0. The molecule has 2 fully saturated rings. The maximum Gasteiger partial charge on any atom is 0.317 e. The molecule has 2 aliphatic rings. The van der Waals surface area contributed by atoms with Crippen LogP contribution in [-0.4, -0.2) is 90.1 Å². The van der Waals surface area contributed by atoms with E-state index in [1.165, 1.54) is 0 Å². The molecule has 2 saturated heterocycles. The first kappa shape index (κ1) is 20.9. The number of carbonyl (C=O) groups excluding carboxylic acids is 1. The van der Waals surface area contributed by atoms with E-state index in [0.29, 0.717) is 44.8 Å². The minimum Gasteiger partial charge on any atom is -0.480 e.